The SMILES string of the molecule is Cc1cc(C(=O)N2CCCCC2C2CCCCC2O)co1. The maximum absolute atomic E-state index is 12.8. The van der Waals surface area contributed by atoms with Crippen molar-refractivity contribution in [2.75, 3.05) is 6.54 Å². The molecule has 4 nitrogen and oxygen atoms in total. The Labute approximate surface area is 126 Å². The summed E-state index contributed by atoms with van der Waals surface area (Å²) in [4.78, 5) is 14.8. The Morgan fingerprint density at radius 2 is 2.00 bits per heavy atom. The van der Waals surface area contributed by atoms with Crippen molar-refractivity contribution in [1.29, 1.82) is 0 Å². The predicted molar refractivity (Wildman–Crippen MR) is 80.1 cm³/mol. The van der Waals surface area contributed by atoms with Crippen LogP contribution in [0.3, 0.4) is 0 Å². The Morgan fingerprint density at radius 3 is 2.71 bits per heavy atom. The smallest absolute Gasteiger partial charge is 0.257 e. The number of amides is 1. The number of nitrogens with zero attached hydrogens (tertiary/aromatic N) is 1. The van der Waals surface area contributed by atoms with Crippen LogP contribution in [0.4, 0.5) is 0 Å². The van der Waals surface area contributed by atoms with Gasteiger partial charge in [-0.25, -0.2) is 0 Å². The molecule has 3 unspecified atom stereocenters. The Morgan fingerprint density at radius 1 is 1.24 bits per heavy atom. The zero-order chi connectivity index (χ0) is 14.8. The minimum atomic E-state index is -0.247. The first-order valence-corrected chi connectivity index (χ1v) is 8.21. The highest BCUT2D eigenvalue weighted by molar-refractivity contribution is 5.94. The largest absolute Gasteiger partial charge is 0.469 e. The van der Waals surface area contributed by atoms with E-state index in [1.165, 1.54) is 6.42 Å². The van der Waals surface area contributed by atoms with E-state index in [9.17, 15) is 9.90 Å². The molecule has 116 valence electrons. The quantitative estimate of drug-likeness (QED) is 0.910. The highest BCUT2D eigenvalue weighted by atomic mass is 16.3. The molecule has 0 spiro atoms. The molecule has 1 aliphatic carbocycles. The summed E-state index contributed by atoms with van der Waals surface area (Å²) in [6.45, 7) is 2.66. The van der Waals surface area contributed by atoms with Crippen molar-refractivity contribution in [3.8, 4) is 0 Å². The minimum absolute atomic E-state index is 0.0642. The lowest BCUT2D eigenvalue weighted by Crippen LogP contribution is -2.51. The van der Waals surface area contributed by atoms with Crippen molar-refractivity contribution < 1.29 is 14.3 Å². The van der Waals surface area contributed by atoms with Gasteiger partial charge in [0, 0.05) is 18.5 Å². The van der Waals surface area contributed by atoms with Gasteiger partial charge in [-0.1, -0.05) is 12.8 Å². The summed E-state index contributed by atoms with van der Waals surface area (Å²) in [5, 5.41) is 10.3. The molecule has 3 atom stereocenters. The number of carbonyl (C=O) groups is 1. The van der Waals surface area contributed by atoms with Crippen molar-refractivity contribution in [1.82, 2.24) is 4.90 Å². The molecule has 4 heteroatoms. The van der Waals surface area contributed by atoms with E-state index in [0.717, 1.165) is 50.8 Å². The van der Waals surface area contributed by atoms with Gasteiger partial charge < -0.3 is 14.4 Å². The molecule has 1 aliphatic heterocycles. The van der Waals surface area contributed by atoms with E-state index in [1.54, 1.807) is 6.26 Å². The van der Waals surface area contributed by atoms with Crippen LogP contribution in [0.5, 0.6) is 0 Å². The van der Waals surface area contributed by atoms with Crippen molar-refractivity contribution in [2.24, 2.45) is 5.92 Å². The summed E-state index contributed by atoms with van der Waals surface area (Å²) in [7, 11) is 0. The first-order valence-electron chi connectivity index (χ1n) is 8.21. The van der Waals surface area contributed by atoms with E-state index >= 15 is 0 Å². The molecule has 1 aromatic heterocycles. The molecular weight excluding hydrogens is 266 g/mol. The van der Waals surface area contributed by atoms with E-state index in [-0.39, 0.29) is 24.0 Å². The van der Waals surface area contributed by atoms with E-state index in [1.807, 2.05) is 17.9 Å². The van der Waals surface area contributed by atoms with Gasteiger partial charge in [0.25, 0.3) is 5.91 Å². The highest BCUT2D eigenvalue weighted by Crippen LogP contribution is 2.34. The number of aryl methyl sites for hydroxylation is 1. The molecule has 3 rings (SSSR count). The van der Waals surface area contributed by atoms with Crippen LogP contribution in [0.1, 0.15) is 61.1 Å². The van der Waals surface area contributed by atoms with Crippen LogP contribution < -0.4 is 0 Å². The van der Waals surface area contributed by atoms with Gasteiger partial charge in [0.1, 0.15) is 12.0 Å². The van der Waals surface area contributed by atoms with Gasteiger partial charge in [0.2, 0.25) is 0 Å². The van der Waals surface area contributed by atoms with Gasteiger partial charge in [0.05, 0.1) is 11.7 Å². The lowest BCUT2D eigenvalue weighted by Gasteiger charge is -2.43. The fourth-order valence-corrected chi connectivity index (χ4v) is 3.96. The first kappa shape index (κ1) is 14.6. The van der Waals surface area contributed by atoms with Crippen LogP contribution in [-0.4, -0.2) is 34.6 Å². The second-order valence-corrected chi connectivity index (χ2v) is 6.52. The Bertz CT molecular complexity index is 496. The monoisotopic (exact) mass is 291 g/mol. The summed E-state index contributed by atoms with van der Waals surface area (Å²) in [6.07, 6.45) is 8.75. The summed E-state index contributed by atoms with van der Waals surface area (Å²) >= 11 is 0. The number of hydrogen-bond acceptors (Lipinski definition) is 3. The van der Waals surface area contributed by atoms with Crippen molar-refractivity contribution in [2.45, 2.75) is 64.0 Å². The lowest BCUT2D eigenvalue weighted by atomic mass is 9.78. The lowest BCUT2D eigenvalue weighted by molar-refractivity contribution is -0.00130. The fourth-order valence-electron chi connectivity index (χ4n) is 3.96. The third kappa shape index (κ3) is 3.00. The molecule has 0 aromatic carbocycles. The molecule has 2 aliphatic rings. The number of likely N-dealkylation sites (tertiary alicyclic amines) is 1. The zero-order valence-corrected chi connectivity index (χ0v) is 12.8. The van der Waals surface area contributed by atoms with Gasteiger partial charge >= 0.3 is 0 Å². The average Bonchev–Trinajstić information content (AvgIpc) is 2.94. The third-order valence-corrected chi connectivity index (χ3v) is 5.06. The van der Waals surface area contributed by atoms with Crippen molar-refractivity contribution in [3.05, 3.63) is 23.7 Å². The number of furan rings is 1. The summed E-state index contributed by atoms with van der Waals surface area (Å²) in [5.41, 5.74) is 0.643. The molecule has 1 saturated heterocycles. The number of hydrogen-bond donors (Lipinski definition) is 1. The molecule has 2 fully saturated rings. The van der Waals surface area contributed by atoms with Gasteiger partial charge in [0.15, 0.2) is 0 Å². The fraction of sp³-hybridized carbons (Fsp3) is 0.706. The summed E-state index contributed by atoms with van der Waals surface area (Å²) in [6, 6.07) is 2.00. The van der Waals surface area contributed by atoms with Crippen LogP contribution in [0.15, 0.2) is 16.7 Å². The topological polar surface area (TPSA) is 53.7 Å². The molecular formula is C17H25NO3. The van der Waals surface area contributed by atoms with Crippen LogP contribution in [0, 0.1) is 12.8 Å². The molecule has 0 bridgehead atoms. The van der Waals surface area contributed by atoms with Gasteiger partial charge in [-0.3, -0.25) is 4.79 Å². The number of aliphatic hydroxyl groups excluding tert-OH is 1. The second kappa shape index (κ2) is 6.22. The van der Waals surface area contributed by atoms with Gasteiger partial charge in [-0.15, -0.1) is 0 Å². The van der Waals surface area contributed by atoms with Crippen LogP contribution in [0.2, 0.25) is 0 Å². The third-order valence-electron chi connectivity index (χ3n) is 5.06. The zero-order valence-electron chi connectivity index (χ0n) is 12.8. The average molecular weight is 291 g/mol. The van der Waals surface area contributed by atoms with E-state index in [0.29, 0.717) is 5.56 Å². The standard InChI is InChI=1S/C17H25NO3/c1-12-10-13(11-21-12)17(20)18-9-5-4-7-15(18)14-6-2-3-8-16(14)19/h10-11,14-16,19H,2-9H2,1H3. The van der Waals surface area contributed by atoms with Crippen LogP contribution >= 0.6 is 0 Å². The molecule has 2 heterocycles. The maximum Gasteiger partial charge on any atom is 0.257 e. The summed E-state index contributed by atoms with van der Waals surface area (Å²) < 4.78 is 5.28. The number of aliphatic hydroxyl groups is 1. The molecule has 1 amide bonds. The normalized spacial score (nSPS) is 30.4. The second-order valence-electron chi connectivity index (χ2n) is 6.52. The number of piperidine rings is 1. The van der Waals surface area contributed by atoms with Gasteiger partial charge in [-0.05, 0) is 45.1 Å². The maximum atomic E-state index is 12.8. The van der Waals surface area contributed by atoms with Crippen molar-refractivity contribution in [3.63, 3.8) is 0 Å². The number of rotatable bonds is 2. The summed E-state index contributed by atoms with van der Waals surface area (Å²) in [5.74, 6) is 1.08. The Kier molecular flexibility index (Phi) is 4.34. The molecule has 1 aromatic rings. The molecule has 1 saturated carbocycles. The minimum Gasteiger partial charge on any atom is -0.469 e. The van der Waals surface area contributed by atoms with E-state index in [4.69, 9.17) is 4.42 Å². The first-order chi connectivity index (χ1) is 10.2. The highest BCUT2D eigenvalue weighted by Gasteiger charge is 2.38. The number of carbonyl (C=O) groups excluding carboxylic acids is 1. The van der Waals surface area contributed by atoms with E-state index < -0.39 is 0 Å². The van der Waals surface area contributed by atoms with Crippen molar-refractivity contribution >= 4 is 5.91 Å². The van der Waals surface area contributed by atoms with E-state index in [2.05, 4.69) is 0 Å². The van der Waals surface area contributed by atoms with Crippen LogP contribution in [-0.2, 0) is 0 Å². The Hall–Kier alpha value is -1.29. The predicted octanol–water partition coefficient (Wildman–Crippen LogP) is 3.13. The Balaban J connectivity index is 1.79. The molecule has 1 N–H and O–H groups in total. The molecule has 0 radical (unpaired) electrons. The molecule has 21 heavy (non-hydrogen) atoms. The van der Waals surface area contributed by atoms with Gasteiger partial charge in [-0.2, -0.15) is 0 Å². The van der Waals surface area contributed by atoms with Crippen LogP contribution in [0.25, 0.3) is 0 Å².